The minimum atomic E-state index is -4.45. The second-order valence-corrected chi connectivity index (χ2v) is 16.0. The molecule has 51 heavy (non-hydrogen) atoms. The first kappa shape index (κ1) is 39.4. The summed E-state index contributed by atoms with van der Waals surface area (Å²) in [6, 6.07) is 20.0. The van der Waals surface area contributed by atoms with E-state index in [0.29, 0.717) is 54.0 Å². The third kappa shape index (κ3) is 10.3. The zero-order valence-electron chi connectivity index (χ0n) is 28.9. The van der Waals surface area contributed by atoms with Crippen LogP contribution in [0.2, 0.25) is 0 Å². The van der Waals surface area contributed by atoms with Crippen LogP contribution in [0.3, 0.4) is 0 Å². The van der Waals surface area contributed by atoms with Crippen LogP contribution in [-0.4, -0.2) is 67.4 Å². The van der Waals surface area contributed by atoms with Crippen LogP contribution in [-0.2, 0) is 36.3 Å². The number of nitrogens with zero attached hydrogens (tertiary/aromatic N) is 2. The van der Waals surface area contributed by atoms with E-state index in [1.807, 2.05) is 18.4 Å². The van der Waals surface area contributed by atoms with Crippen LogP contribution in [0.1, 0.15) is 74.2 Å². The first-order valence-corrected chi connectivity index (χ1v) is 20.2. The molecule has 1 aromatic heterocycles. The summed E-state index contributed by atoms with van der Waals surface area (Å²) in [7, 11) is -8.84. The van der Waals surface area contributed by atoms with Gasteiger partial charge in [-0.1, -0.05) is 61.7 Å². The van der Waals surface area contributed by atoms with Crippen molar-refractivity contribution in [3.63, 3.8) is 0 Å². The Kier molecular flexibility index (Phi) is 13.7. The van der Waals surface area contributed by atoms with Crippen molar-refractivity contribution < 1.29 is 45.4 Å². The number of fused-ring (bicyclic) bond motifs is 2. The predicted octanol–water partition coefficient (Wildman–Crippen LogP) is 4.92. The summed E-state index contributed by atoms with van der Waals surface area (Å²) >= 11 is 0. The highest BCUT2D eigenvalue weighted by Gasteiger charge is 2.34. The van der Waals surface area contributed by atoms with Gasteiger partial charge in [-0.2, -0.15) is 4.57 Å². The average Bonchev–Trinajstić information content (AvgIpc) is 3.08. The molecule has 0 spiro atoms. The van der Waals surface area contributed by atoms with Crippen molar-refractivity contribution in [3.8, 4) is 0 Å². The van der Waals surface area contributed by atoms with Crippen molar-refractivity contribution in [2.45, 2.75) is 76.7 Å². The Bertz CT molecular complexity index is 2030. The lowest BCUT2D eigenvalue weighted by molar-refractivity contribution is -0.645. The van der Waals surface area contributed by atoms with Gasteiger partial charge in [-0.25, -0.2) is 21.1 Å². The van der Waals surface area contributed by atoms with Gasteiger partial charge in [0, 0.05) is 43.8 Å². The van der Waals surface area contributed by atoms with Crippen molar-refractivity contribution in [2.24, 2.45) is 5.92 Å². The van der Waals surface area contributed by atoms with Gasteiger partial charge in [0.25, 0.3) is 15.9 Å². The number of unbranched alkanes of at least 4 members (excludes halogenated alkanes) is 1. The van der Waals surface area contributed by atoms with E-state index < -0.39 is 43.7 Å². The van der Waals surface area contributed by atoms with E-state index in [-0.39, 0.29) is 48.7 Å². The second-order valence-electron chi connectivity index (χ2n) is 12.6. The molecule has 0 saturated heterocycles. The van der Waals surface area contributed by atoms with Gasteiger partial charge in [0.15, 0.2) is 6.54 Å². The molecule has 12 nitrogen and oxygen atoms in total. The van der Waals surface area contributed by atoms with Crippen LogP contribution in [0.4, 0.5) is 0 Å². The Hall–Kier alpha value is -4.40. The number of benzene rings is 3. The number of pyridine rings is 1. The van der Waals surface area contributed by atoms with Crippen LogP contribution >= 0.6 is 0 Å². The van der Waals surface area contributed by atoms with Gasteiger partial charge in [0.1, 0.15) is 0 Å². The maximum Gasteiger partial charge on any atom is 0.306 e. The summed E-state index contributed by atoms with van der Waals surface area (Å²) in [5.41, 5.74) is 2.08. The number of rotatable bonds is 19. The van der Waals surface area contributed by atoms with Crippen LogP contribution < -0.4 is 9.88 Å². The molecule has 4 rings (SSSR count). The molecule has 1 heterocycles. The topological polar surface area (TPSA) is 182 Å². The Labute approximate surface area is 299 Å². The maximum atomic E-state index is 14.7. The number of carbonyl (C=O) groups is 3. The Morgan fingerprint density at radius 2 is 1.45 bits per heavy atom. The van der Waals surface area contributed by atoms with E-state index >= 15 is 0 Å². The Morgan fingerprint density at radius 1 is 0.843 bits per heavy atom. The van der Waals surface area contributed by atoms with Gasteiger partial charge < -0.3 is 15.0 Å². The van der Waals surface area contributed by atoms with Crippen LogP contribution in [0.25, 0.3) is 21.8 Å². The Balaban J connectivity index is 1.62. The number of hydrogen-bond donors (Lipinski definition) is 2. The predicted molar refractivity (Wildman–Crippen MR) is 192 cm³/mol. The zero-order chi connectivity index (χ0) is 37.2. The highest BCUT2D eigenvalue weighted by atomic mass is 32.2. The highest BCUT2D eigenvalue weighted by molar-refractivity contribution is 7.89. The van der Waals surface area contributed by atoms with Gasteiger partial charge in [-0.05, 0) is 56.9 Å². The normalized spacial score (nSPS) is 12.5. The molecule has 0 saturated carbocycles. The van der Waals surface area contributed by atoms with E-state index in [1.54, 1.807) is 60.7 Å². The van der Waals surface area contributed by atoms with Crippen molar-refractivity contribution in [3.05, 3.63) is 83.9 Å². The molecule has 2 N–H and O–H groups in total. The number of aromatic nitrogens is 1. The van der Waals surface area contributed by atoms with Crippen LogP contribution in [0.5, 0.6) is 0 Å². The molecule has 0 bridgehead atoms. The fraction of sp³-hybridized carbons (Fsp3) is 0.405. The van der Waals surface area contributed by atoms with Crippen LogP contribution in [0.15, 0.2) is 77.7 Å². The molecule has 0 fully saturated rings. The lowest BCUT2D eigenvalue weighted by Gasteiger charge is -2.24. The standard InChI is InChI=1S/C37H45N3O9S2/c1-3-12-28(37(43)44)13-8-9-23-38-34(41)18-10-25-40(51(48,49)29-21-19-27(2)20-22-29)36(42)35-30-14-4-6-16-32(30)39(24-11-26-50(45,46)47)33-17-7-5-15-31(33)35/h4-7,14-17,19-22,28H,3,8-13,18,23-26H2,1-2H3,(H2-,38,41,43,44,45,46,47). The first-order valence-electron chi connectivity index (χ1n) is 17.1. The number of para-hydroxylation sites is 2. The molecule has 1 unspecified atom stereocenters. The molecule has 0 aliphatic heterocycles. The lowest BCUT2D eigenvalue weighted by Crippen LogP contribution is -2.41. The van der Waals surface area contributed by atoms with Crippen molar-refractivity contribution in [1.82, 2.24) is 9.62 Å². The minimum absolute atomic E-state index is 0.0372. The number of carboxylic acids is 1. The van der Waals surface area contributed by atoms with Crippen molar-refractivity contribution in [2.75, 3.05) is 18.8 Å². The molecular weight excluding hydrogens is 695 g/mol. The van der Waals surface area contributed by atoms with Gasteiger partial charge in [0.2, 0.25) is 16.9 Å². The van der Waals surface area contributed by atoms with Gasteiger partial charge >= 0.3 is 5.97 Å². The summed E-state index contributed by atoms with van der Waals surface area (Å²) in [6.07, 6.45) is 3.20. The van der Waals surface area contributed by atoms with Crippen molar-refractivity contribution >= 4 is 59.7 Å². The number of nitrogens with one attached hydrogen (secondary N) is 1. The summed E-state index contributed by atoms with van der Waals surface area (Å²) in [6.45, 7) is 3.99. The maximum absolute atomic E-state index is 14.7. The van der Waals surface area contributed by atoms with Crippen molar-refractivity contribution in [1.29, 1.82) is 0 Å². The minimum Gasteiger partial charge on any atom is -0.748 e. The molecule has 1 atom stereocenters. The first-order chi connectivity index (χ1) is 24.2. The third-order valence-corrected chi connectivity index (χ3v) is 11.4. The average molecular weight is 740 g/mol. The lowest BCUT2D eigenvalue weighted by atomic mass is 9.97. The van der Waals surface area contributed by atoms with E-state index in [2.05, 4.69) is 5.32 Å². The molecule has 4 aromatic rings. The molecule has 0 radical (unpaired) electrons. The summed E-state index contributed by atoms with van der Waals surface area (Å²) < 4.78 is 65.0. The van der Waals surface area contributed by atoms with E-state index in [4.69, 9.17) is 0 Å². The van der Waals surface area contributed by atoms with Gasteiger partial charge in [0.05, 0.1) is 37.3 Å². The Morgan fingerprint density at radius 3 is 2.02 bits per heavy atom. The quantitative estimate of drug-likeness (QED) is 0.0584. The number of carbonyl (C=O) groups excluding carboxylic acids is 2. The molecule has 0 aliphatic carbocycles. The third-order valence-electron chi connectivity index (χ3n) is 8.81. The van der Waals surface area contributed by atoms with Gasteiger partial charge in [-0.3, -0.25) is 14.4 Å². The molecule has 0 aliphatic rings. The number of aliphatic carboxylic acids is 1. The number of hydrogen-bond acceptors (Lipinski definition) is 8. The second kappa shape index (κ2) is 17.7. The molecule has 274 valence electrons. The summed E-state index contributed by atoms with van der Waals surface area (Å²) in [4.78, 5) is 38.7. The zero-order valence-corrected chi connectivity index (χ0v) is 30.5. The van der Waals surface area contributed by atoms with E-state index in [1.165, 1.54) is 12.1 Å². The largest absolute Gasteiger partial charge is 0.748 e. The summed E-state index contributed by atoms with van der Waals surface area (Å²) in [5.74, 6) is -2.88. The van der Waals surface area contributed by atoms with Gasteiger partial charge in [-0.15, -0.1) is 0 Å². The number of aryl methyl sites for hydroxylation is 2. The molecule has 2 amide bonds. The number of amides is 2. The molecule has 3 aromatic carbocycles. The fourth-order valence-corrected chi connectivity index (χ4v) is 8.13. The SMILES string of the molecule is CCCC(CCCCNC(=O)CCCN(C(=O)c1c2ccccc2[n+](CCCS(=O)(=O)[O-])c2ccccc12)S(=O)(=O)c1ccc(C)cc1)C(=O)O. The monoisotopic (exact) mass is 739 g/mol. The fourth-order valence-electron chi connectivity index (χ4n) is 6.23. The number of sulfonamides is 1. The van der Waals surface area contributed by atoms with E-state index in [0.717, 1.165) is 16.3 Å². The smallest absolute Gasteiger partial charge is 0.306 e. The highest BCUT2D eigenvalue weighted by Crippen LogP contribution is 2.29. The van der Waals surface area contributed by atoms with E-state index in [9.17, 15) is 40.9 Å². The summed E-state index contributed by atoms with van der Waals surface area (Å²) in [5, 5.41) is 13.0. The number of carboxylic acid groups (broad SMARTS) is 1. The molecular formula is C37H45N3O9S2. The van der Waals surface area contributed by atoms with Crippen LogP contribution in [0, 0.1) is 12.8 Å². The molecule has 14 heteroatoms.